The van der Waals surface area contributed by atoms with E-state index in [2.05, 4.69) is 43.8 Å². The van der Waals surface area contributed by atoms with E-state index in [-0.39, 0.29) is 5.41 Å². The van der Waals surface area contributed by atoms with Crippen LogP contribution in [0.4, 0.5) is 0 Å². The Balaban J connectivity index is 2.60. The van der Waals surface area contributed by atoms with Crippen LogP contribution in [-0.2, 0) is 12.5 Å². The van der Waals surface area contributed by atoms with Crippen molar-refractivity contribution >= 4 is 10.9 Å². The molecule has 18 heavy (non-hydrogen) atoms. The quantitative estimate of drug-likeness (QED) is 0.901. The number of aromatic nitrogens is 1. The molecule has 2 rings (SSSR count). The molecule has 0 saturated carbocycles. The van der Waals surface area contributed by atoms with E-state index in [0.29, 0.717) is 6.54 Å². The van der Waals surface area contributed by atoms with Gasteiger partial charge in [0, 0.05) is 24.7 Å². The minimum atomic E-state index is 0.100. The SMILES string of the molecule is COc1ccc2c(C(C)(C)CCN)cn(C)c2c1. The molecule has 3 nitrogen and oxygen atoms in total. The molecule has 98 valence electrons. The lowest BCUT2D eigenvalue weighted by atomic mass is 9.81. The number of nitrogens with zero attached hydrogens (tertiary/aromatic N) is 1. The summed E-state index contributed by atoms with van der Waals surface area (Å²) in [5, 5.41) is 1.29. The highest BCUT2D eigenvalue weighted by Gasteiger charge is 2.24. The third-order valence-electron chi connectivity index (χ3n) is 3.70. The Hall–Kier alpha value is -1.48. The first kappa shape index (κ1) is 13.0. The Morgan fingerprint density at radius 1 is 1.33 bits per heavy atom. The molecule has 1 aromatic carbocycles. The lowest BCUT2D eigenvalue weighted by Crippen LogP contribution is -2.21. The van der Waals surface area contributed by atoms with Crippen molar-refractivity contribution in [1.29, 1.82) is 0 Å². The average molecular weight is 246 g/mol. The molecule has 2 aromatic rings. The van der Waals surface area contributed by atoms with Gasteiger partial charge in [0.15, 0.2) is 0 Å². The summed E-state index contributed by atoms with van der Waals surface area (Å²) in [5.74, 6) is 0.895. The summed E-state index contributed by atoms with van der Waals surface area (Å²) >= 11 is 0. The molecule has 0 atom stereocenters. The first-order chi connectivity index (χ1) is 8.49. The summed E-state index contributed by atoms with van der Waals surface area (Å²) in [4.78, 5) is 0. The van der Waals surface area contributed by atoms with Crippen LogP contribution in [0.25, 0.3) is 10.9 Å². The Morgan fingerprint density at radius 3 is 2.67 bits per heavy atom. The van der Waals surface area contributed by atoms with Crippen molar-refractivity contribution in [2.75, 3.05) is 13.7 Å². The predicted molar refractivity (Wildman–Crippen MR) is 76.2 cm³/mol. The van der Waals surface area contributed by atoms with E-state index in [1.165, 1.54) is 16.5 Å². The van der Waals surface area contributed by atoms with Gasteiger partial charge in [0.05, 0.1) is 12.6 Å². The molecular formula is C15H22N2O. The molecule has 0 unspecified atom stereocenters. The van der Waals surface area contributed by atoms with Crippen molar-refractivity contribution in [2.45, 2.75) is 25.7 Å². The van der Waals surface area contributed by atoms with E-state index in [0.717, 1.165) is 12.2 Å². The summed E-state index contributed by atoms with van der Waals surface area (Å²) in [6.45, 7) is 5.21. The van der Waals surface area contributed by atoms with Gasteiger partial charge in [-0.2, -0.15) is 0 Å². The Labute approximate surface area is 109 Å². The second kappa shape index (κ2) is 4.65. The van der Waals surface area contributed by atoms with E-state index in [4.69, 9.17) is 10.5 Å². The molecule has 0 amide bonds. The molecule has 2 N–H and O–H groups in total. The van der Waals surface area contributed by atoms with Gasteiger partial charge in [0.2, 0.25) is 0 Å². The third kappa shape index (κ3) is 2.10. The van der Waals surface area contributed by atoms with Gasteiger partial charge >= 0.3 is 0 Å². The highest BCUT2D eigenvalue weighted by molar-refractivity contribution is 5.86. The number of methoxy groups -OCH3 is 1. The lowest BCUT2D eigenvalue weighted by molar-refractivity contribution is 0.415. The topological polar surface area (TPSA) is 40.2 Å². The van der Waals surface area contributed by atoms with E-state index < -0.39 is 0 Å². The summed E-state index contributed by atoms with van der Waals surface area (Å²) in [7, 11) is 3.77. The minimum absolute atomic E-state index is 0.100. The molecule has 0 radical (unpaired) electrons. The van der Waals surface area contributed by atoms with Crippen molar-refractivity contribution in [2.24, 2.45) is 12.8 Å². The standard InChI is InChI=1S/C15H22N2O/c1-15(2,7-8-16)13-10-17(3)14-9-11(18-4)5-6-12(13)14/h5-6,9-10H,7-8,16H2,1-4H3. The summed E-state index contributed by atoms with van der Waals surface area (Å²) < 4.78 is 7.44. The highest BCUT2D eigenvalue weighted by Crippen LogP contribution is 2.35. The van der Waals surface area contributed by atoms with Crippen molar-refractivity contribution < 1.29 is 4.74 Å². The zero-order chi connectivity index (χ0) is 13.3. The number of hydrogen-bond donors (Lipinski definition) is 1. The van der Waals surface area contributed by atoms with E-state index in [9.17, 15) is 0 Å². The van der Waals surface area contributed by atoms with Gasteiger partial charge in [-0.1, -0.05) is 13.8 Å². The maximum absolute atomic E-state index is 5.72. The highest BCUT2D eigenvalue weighted by atomic mass is 16.5. The van der Waals surface area contributed by atoms with Crippen molar-refractivity contribution in [1.82, 2.24) is 4.57 Å². The van der Waals surface area contributed by atoms with Gasteiger partial charge < -0.3 is 15.0 Å². The molecule has 1 heterocycles. The molecular weight excluding hydrogens is 224 g/mol. The Bertz CT molecular complexity index is 555. The smallest absolute Gasteiger partial charge is 0.120 e. The molecule has 1 aromatic heterocycles. The number of ether oxygens (including phenoxy) is 1. The van der Waals surface area contributed by atoms with E-state index in [1.54, 1.807) is 7.11 Å². The normalized spacial score (nSPS) is 12.1. The molecule has 0 aliphatic carbocycles. The third-order valence-corrected chi connectivity index (χ3v) is 3.70. The number of aryl methyl sites for hydroxylation is 1. The molecule has 0 spiro atoms. The van der Waals surface area contributed by atoms with Crippen molar-refractivity contribution in [3.8, 4) is 5.75 Å². The van der Waals surface area contributed by atoms with Crippen LogP contribution < -0.4 is 10.5 Å². The average Bonchev–Trinajstić information content (AvgIpc) is 2.67. The Morgan fingerprint density at radius 2 is 2.06 bits per heavy atom. The van der Waals surface area contributed by atoms with Crippen LogP contribution in [0.5, 0.6) is 5.75 Å². The van der Waals surface area contributed by atoms with Crippen LogP contribution in [-0.4, -0.2) is 18.2 Å². The Kier molecular flexibility index (Phi) is 3.35. The van der Waals surface area contributed by atoms with Crippen LogP contribution in [0.1, 0.15) is 25.8 Å². The number of fused-ring (bicyclic) bond motifs is 1. The lowest BCUT2D eigenvalue weighted by Gasteiger charge is -2.23. The van der Waals surface area contributed by atoms with Crippen LogP contribution in [0.15, 0.2) is 24.4 Å². The molecule has 3 heteroatoms. The number of nitrogens with two attached hydrogens (primary N) is 1. The van der Waals surface area contributed by atoms with Gasteiger partial charge in [-0.3, -0.25) is 0 Å². The number of benzene rings is 1. The van der Waals surface area contributed by atoms with Crippen LogP contribution in [0.2, 0.25) is 0 Å². The predicted octanol–water partition coefficient (Wildman–Crippen LogP) is 2.81. The minimum Gasteiger partial charge on any atom is -0.497 e. The zero-order valence-electron chi connectivity index (χ0n) is 11.7. The van der Waals surface area contributed by atoms with Crippen molar-refractivity contribution in [3.05, 3.63) is 30.0 Å². The first-order valence-corrected chi connectivity index (χ1v) is 6.33. The maximum Gasteiger partial charge on any atom is 0.120 e. The fourth-order valence-electron chi connectivity index (χ4n) is 2.53. The fourth-order valence-corrected chi connectivity index (χ4v) is 2.53. The molecule has 0 saturated heterocycles. The van der Waals surface area contributed by atoms with Gasteiger partial charge in [-0.25, -0.2) is 0 Å². The fraction of sp³-hybridized carbons (Fsp3) is 0.467. The second-order valence-corrected chi connectivity index (χ2v) is 5.46. The van der Waals surface area contributed by atoms with Crippen molar-refractivity contribution in [3.63, 3.8) is 0 Å². The monoisotopic (exact) mass is 246 g/mol. The van der Waals surface area contributed by atoms with Crippen LogP contribution in [0, 0.1) is 0 Å². The number of hydrogen-bond acceptors (Lipinski definition) is 2. The van der Waals surface area contributed by atoms with Crippen LogP contribution in [0.3, 0.4) is 0 Å². The van der Waals surface area contributed by atoms with Crippen LogP contribution >= 0.6 is 0 Å². The molecule has 0 bridgehead atoms. The summed E-state index contributed by atoms with van der Waals surface area (Å²) in [6, 6.07) is 6.24. The van der Waals surface area contributed by atoms with E-state index in [1.807, 2.05) is 6.07 Å². The van der Waals surface area contributed by atoms with Gasteiger partial charge in [0.1, 0.15) is 5.75 Å². The second-order valence-electron chi connectivity index (χ2n) is 5.46. The first-order valence-electron chi connectivity index (χ1n) is 6.33. The molecule has 0 fully saturated rings. The molecule has 0 aliphatic rings. The number of rotatable bonds is 4. The van der Waals surface area contributed by atoms with Gasteiger partial charge in [-0.15, -0.1) is 0 Å². The summed E-state index contributed by atoms with van der Waals surface area (Å²) in [5.41, 5.74) is 8.38. The zero-order valence-corrected chi connectivity index (χ0v) is 11.7. The van der Waals surface area contributed by atoms with Gasteiger partial charge in [-0.05, 0) is 36.1 Å². The molecule has 0 aliphatic heterocycles. The van der Waals surface area contributed by atoms with Gasteiger partial charge in [0.25, 0.3) is 0 Å². The maximum atomic E-state index is 5.72. The van der Waals surface area contributed by atoms with E-state index >= 15 is 0 Å². The summed E-state index contributed by atoms with van der Waals surface area (Å²) in [6.07, 6.45) is 3.19. The largest absolute Gasteiger partial charge is 0.497 e.